The first-order valence-corrected chi connectivity index (χ1v) is 6.41. The number of hydrogen-bond donors (Lipinski definition) is 1. The third-order valence-electron chi connectivity index (χ3n) is 2.70. The molecule has 3 heteroatoms. The van der Waals surface area contributed by atoms with Crippen LogP contribution in [0.3, 0.4) is 0 Å². The molecule has 2 nitrogen and oxygen atoms in total. The molecule has 0 aliphatic rings. The third kappa shape index (κ3) is 3.22. The maximum Gasteiger partial charge on any atom is 0.125 e. The topological polar surface area (TPSA) is 29.5 Å². The first-order valence-electron chi connectivity index (χ1n) is 5.62. The summed E-state index contributed by atoms with van der Waals surface area (Å²) in [6.45, 7) is 4.13. The van der Waals surface area contributed by atoms with Gasteiger partial charge in [-0.2, -0.15) is 0 Å². The normalized spacial score (nSPS) is 12.6. The van der Waals surface area contributed by atoms with Crippen molar-refractivity contribution >= 4 is 15.9 Å². The second kappa shape index (κ2) is 6.26. The highest BCUT2D eigenvalue weighted by molar-refractivity contribution is 9.10. The summed E-state index contributed by atoms with van der Waals surface area (Å²) in [5.41, 5.74) is 1.98. The van der Waals surface area contributed by atoms with Gasteiger partial charge in [0.15, 0.2) is 0 Å². The van der Waals surface area contributed by atoms with Crippen molar-refractivity contribution in [2.45, 2.75) is 39.2 Å². The fourth-order valence-electron chi connectivity index (χ4n) is 1.66. The van der Waals surface area contributed by atoms with Gasteiger partial charge in [-0.05, 0) is 31.0 Å². The number of unbranched alkanes of at least 4 members (excludes halogenated alkanes) is 1. The number of methoxy groups -OCH3 is 1. The number of aliphatic hydroxyl groups is 1. The maximum absolute atomic E-state index is 10.1. The van der Waals surface area contributed by atoms with Gasteiger partial charge in [0.1, 0.15) is 5.75 Å². The Morgan fingerprint density at radius 3 is 2.69 bits per heavy atom. The molecule has 0 bridgehead atoms. The summed E-state index contributed by atoms with van der Waals surface area (Å²) in [5, 5.41) is 10.1. The van der Waals surface area contributed by atoms with Gasteiger partial charge in [0.25, 0.3) is 0 Å². The van der Waals surface area contributed by atoms with Crippen LogP contribution in [0.1, 0.15) is 43.4 Å². The summed E-state index contributed by atoms with van der Waals surface area (Å²) in [5.74, 6) is 0.768. The molecule has 90 valence electrons. The van der Waals surface area contributed by atoms with E-state index in [4.69, 9.17) is 4.74 Å². The molecule has 0 aromatic heterocycles. The SMILES string of the molecule is CCCCC(O)c1cc(Br)c(C)cc1OC. The first kappa shape index (κ1) is 13.5. The zero-order chi connectivity index (χ0) is 12.1. The second-order valence-electron chi connectivity index (χ2n) is 4.00. The van der Waals surface area contributed by atoms with Crippen molar-refractivity contribution < 1.29 is 9.84 Å². The standard InChI is InChI=1S/C13H19BrO2/c1-4-5-6-12(15)10-8-11(14)9(2)7-13(10)16-3/h7-8,12,15H,4-6H2,1-3H3. The number of hydrogen-bond acceptors (Lipinski definition) is 2. The third-order valence-corrected chi connectivity index (χ3v) is 3.56. The summed E-state index contributed by atoms with van der Waals surface area (Å²) < 4.78 is 6.31. The van der Waals surface area contributed by atoms with Gasteiger partial charge in [-0.15, -0.1) is 0 Å². The van der Waals surface area contributed by atoms with E-state index in [-0.39, 0.29) is 0 Å². The molecule has 16 heavy (non-hydrogen) atoms. The predicted octanol–water partition coefficient (Wildman–Crippen LogP) is 3.99. The smallest absolute Gasteiger partial charge is 0.125 e. The van der Waals surface area contributed by atoms with E-state index >= 15 is 0 Å². The number of aryl methyl sites for hydroxylation is 1. The Bertz CT molecular complexity index is 350. The lowest BCUT2D eigenvalue weighted by molar-refractivity contribution is 0.160. The molecule has 0 aliphatic heterocycles. The maximum atomic E-state index is 10.1. The zero-order valence-corrected chi connectivity index (χ0v) is 11.7. The fraction of sp³-hybridized carbons (Fsp3) is 0.538. The number of rotatable bonds is 5. The van der Waals surface area contributed by atoms with Crippen LogP contribution in [-0.4, -0.2) is 12.2 Å². The first-order chi connectivity index (χ1) is 7.60. The highest BCUT2D eigenvalue weighted by atomic mass is 79.9. The molecule has 0 heterocycles. The van der Waals surface area contributed by atoms with Gasteiger partial charge >= 0.3 is 0 Å². The van der Waals surface area contributed by atoms with Gasteiger partial charge in [0, 0.05) is 10.0 Å². The number of halogens is 1. The Hall–Kier alpha value is -0.540. The minimum absolute atomic E-state index is 0.438. The van der Waals surface area contributed by atoms with Gasteiger partial charge in [-0.1, -0.05) is 35.7 Å². The number of aliphatic hydroxyl groups excluding tert-OH is 1. The van der Waals surface area contributed by atoms with Crippen LogP contribution in [0, 0.1) is 6.92 Å². The highest BCUT2D eigenvalue weighted by Gasteiger charge is 2.14. The van der Waals surface area contributed by atoms with Crippen LogP contribution < -0.4 is 4.74 Å². The predicted molar refractivity (Wildman–Crippen MR) is 69.9 cm³/mol. The van der Waals surface area contributed by atoms with Gasteiger partial charge in [-0.25, -0.2) is 0 Å². The van der Waals surface area contributed by atoms with Crippen LogP contribution in [0.2, 0.25) is 0 Å². The van der Waals surface area contributed by atoms with Gasteiger partial charge in [-0.3, -0.25) is 0 Å². The van der Waals surface area contributed by atoms with E-state index in [1.165, 1.54) is 0 Å². The molecule has 0 spiro atoms. The lowest BCUT2D eigenvalue weighted by Crippen LogP contribution is -2.01. The fourth-order valence-corrected chi connectivity index (χ4v) is 2.02. The van der Waals surface area contributed by atoms with Crippen molar-refractivity contribution in [2.75, 3.05) is 7.11 Å². The van der Waals surface area contributed by atoms with Crippen molar-refractivity contribution in [3.8, 4) is 5.75 Å². The van der Waals surface area contributed by atoms with Gasteiger partial charge in [0.05, 0.1) is 13.2 Å². The molecule has 1 aromatic carbocycles. The number of benzene rings is 1. The van der Waals surface area contributed by atoms with Crippen LogP contribution in [0.5, 0.6) is 5.75 Å². The average molecular weight is 287 g/mol. The summed E-state index contributed by atoms with van der Waals surface area (Å²) in [4.78, 5) is 0. The minimum Gasteiger partial charge on any atom is -0.496 e. The molecule has 0 saturated carbocycles. The highest BCUT2D eigenvalue weighted by Crippen LogP contribution is 2.33. The minimum atomic E-state index is -0.438. The molecule has 0 amide bonds. The monoisotopic (exact) mass is 286 g/mol. The molecule has 1 rings (SSSR count). The second-order valence-corrected chi connectivity index (χ2v) is 4.86. The van der Waals surface area contributed by atoms with Crippen molar-refractivity contribution in [1.29, 1.82) is 0 Å². The molecule has 0 aliphatic carbocycles. The molecule has 1 aromatic rings. The Morgan fingerprint density at radius 2 is 2.12 bits per heavy atom. The van der Waals surface area contributed by atoms with Crippen LogP contribution in [0.25, 0.3) is 0 Å². The van der Waals surface area contributed by atoms with Crippen molar-refractivity contribution in [1.82, 2.24) is 0 Å². The van der Waals surface area contributed by atoms with Gasteiger partial charge in [0.2, 0.25) is 0 Å². The van der Waals surface area contributed by atoms with E-state index in [0.717, 1.165) is 40.6 Å². The van der Waals surface area contributed by atoms with Crippen LogP contribution in [0.15, 0.2) is 16.6 Å². The molecular weight excluding hydrogens is 268 g/mol. The summed E-state index contributed by atoms with van der Waals surface area (Å²) >= 11 is 3.48. The molecule has 1 atom stereocenters. The van der Waals surface area contributed by atoms with Gasteiger partial charge < -0.3 is 9.84 Å². The van der Waals surface area contributed by atoms with E-state index in [0.29, 0.717) is 0 Å². The quantitative estimate of drug-likeness (QED) is 0.887. The molecule has 1 unspecified atom stereocenters. The molecular formula is C13H19BrO2. The van der Waals surface area contributed by atoms with Crippen LogP contribution >= 0.6 is 15.9 Å². The number of ether oxygens (including phenoxy) is 1. The molecule has 1 N–H and O–H groups in total. The van der Waals surface area contributed by atoms with Crippen LogP contribution in [-0.2, 0) is 0 Å². The Labute approximate surface area is 106 Å². The van der Waals surface area contributed by atoms with Crippen LogP contribution in [0.4, 0.5) is 0 Å². The Morgan fingerprint density at radius 1 is 1.44 bits per heavy atom. The van der Waals surface area contributed by atoms with E-state index in [1.54, 1.807) is 7.11 Å². The largest absolute Gasteiger partial charge is 0.496 e. The lowest BCUT2D eigenvalue weighted by Gasteiger charge is -2.16. The summed E-state index contributed by atoms with van der Waals surface area (Å²) in [6, 6.07) is 3.91. The van der Waals surface area contributed by atoms with E-state index in [2.05, 4.69) is 22.9 Å². The van der Waals surface area contributed by atoms with Crippen molar-refractivity contribution in [3.63, 3.8) is 0 Å². The molecule has 0 fully saturated rings. The Kier molecular flexibility index (Phi) is 5.29. The lowest BCUT2D eigenvalue weighted by atomic mass is 10.0. The Balaban J connectivity index is 2.96. The molecule has 0 radical (unpaired) electrons. The summed E-state index contributed by atoms with van der Waals surface area (Å²) in [7, 11) is 1.64. The van der Waals surface area contributed by atoms with E-state index in [9.17, 15) is 5.11 Å². The summed E-state index contributed by atoms with van der Waals surface area (Å²) in [6.07, 6.45) is 2.46. The zero-order valence-electron chi connectivity index (χ0n) is 10.1. The van der Waals surface area contributed by atoms with E-state index in [1.807, 2.05) is 19.1 Å². The average Bonchev–Trinajstić information content (AvgIpc) is 2.28. The van der Waals surface area contributed by atoms with Crippen molar-refractivity contribution in [2.24, 2.45) is 0 Å². The molecule has 0 saturated heterocycles. The van der Waals surface area contributed by atoms with Crippen molar-refractivity contribution in [3.05, 3.63) is 27.7 Å². The van der Waals surface area contributed by atoms with E-state index < -0.39 is 6.10 Å².